The van der Waals surface area contributed by atoms with Crippen molar-refractivity contribution in [1.82, 2.24) is 5.32 Å². The van der Waals surface area contributed by atoms with Crippen molar-refractivity contribution in [1.29, 1.82) is 0 Å². The summed E-state index contributed by atoms with van der Waals surface area (Å²) in [6, 6.07) is 5.27. The molecule has 0 spiro atoms. The number of hydrogen-bond acceptors (Lipinski definition) is 5. The van der Waals surface area contributed by atoms with E-state index in [0.29, 0.717) is 23.5 Å². The Morgan fingerprint density at radius 2 is 2.04 bits per heavy atom. The molecule has 1 saturated heterocycles. The van der Waals surface area contributed by atoms with Crippen LogP contribution < -0.4 is 14.8 Å². The summed E-state index contributed by atoms with van der Waals surface area (Å²) < 4.78 is 33.5. The number of hydrogen-bond donors (Lipinski definition) is 1. The Bertz CT molecular complexity index is 726. The van der Waals surface area contributed by atoms with Gasteiger partial charge in [-0.1, -0.05) is 0 Å². The van der Waals surface area contributed by atoms with E-state index in [4.69, 9.17) is 9.47 Å². The molecule has 1 amide bonds. The number of carbonyl (C=O) groups excluding carboxylic acids is 1. The van der Waals surface area contributed by atoms with Gasteiger partial charge in [0.1, 0.15) is 11.5 Å². The van der Waals surface area contributed by atoms with Crippen molar-refractivity contribution in [2.75, 3.05) is 25.7 Å². The minimum absolute atomic E-state index is 0.0257. The molecule has 1 unspecified atom stereocenters. The second kappa shape index (κ2) is 6.62. The van der Waals surface area contributed by atoms with Crippen LogP contribution in [0.5, 0.6) is 11.5 Å². The number of nitrogens with one attached hydrogen (secondary N) is 1. The van der Waals surface area contributed by atoms with Crippen LogP contribution in [0.25, 0.3) is 6.08 Å². The predicted molar refractivity (Wildman–Crippen MR) is 88.4 cm³/mol. The van der Waals surface area contributed by atoms with Gasteiger partial charge >= 0.3 is 0 Å². The highest BCUT2D eigenvalue weighted by Gasteiger charge is 2.39. The normalized spacial score (nSPS) is 22.9. The minimum Gasteiger partial charge on any atom is -0.497 e. The number of sulfone groups is 1. The summed E-state index contributed by atoms with van der Waals surface area (Å²) in [7, 11) is 0.0425. The molecule has 0 aromatic heterocycles. The zero-order valence-corrected chi connectivity index (χ0v) is 14.3. The molecule has 6 nitrogen and oxygen atoms in total. The average Bonchev–Trinajstić information content (AvgIpc) is 2.77. The highest BCUT2D eigenvalue weighted by atomic mass is 32.2. The van der Waals surface area contributed by atoms with Crippen LogP contribution >= 0.6 is 0 Å². The molecule has 1 heterocycles. The van der Waals surface area contributed by atoms with Gasteiger partial charge in [-0.25, -0.2) is 8.42 Å². The summed E-state index contributed by atoms with van der Waals surface area (Å²) in [4.78, 5) is 12.1. The number of amides is 1. The molecular weight excluding hydrogens is 318 g/mol. The van der Waals surface area contributed by atoms with E-state index < -0.39 is 15.4 Å². The topological polar surface area (TPSA) is 81.7 Å². The van der Waals surface area contributed by atoms with Crippen LogP contribution in [0.1, 0.15) is 18.9 Å². The van der Waals surface area contributed by atoms with Crippen LogP contribution in [0, 0.1) is 0 Å². The lowest BCUT2D eigenvalue weighted by atomic mass is 10.0. The average molecular weight is 339 g/mol. The quantitative estimate of drug-likeness (QED) is 0.820. The van der Waals surface area contributed by atoms with Crippen LogP contribution in [0.2, 0.25) is 0 Å². The van der Waals surface area contributed by atoms with Crippen molar-refractivity contribution in [2.45, 2.75) is 18.9 Å². The fourth-order valence-corrected chi connectivity index (χ4v) is 4.68. The van der Waals surface area contributed by atoms with Gasteiger partial charge in [0, 0.05) is 11.6 Å². The maximum atomic E-state index is 12.1. The van der Waals surface area contributed by atoms with E-state index in [1.54, 1.807) is 45.4 Å². The molecular formula is C16H21NO5S. The first-order chi connectivity index (χ1) is 10.8. The van der Waals surface area contributed by atoms with E-state index in [1.807, 2.05) is 0 Å². The molecule has 1 atom stereocenters. The molecule has 1 fully saturated rings. The molecule has 1 aliphatic rings. The van der Waals surface area contributed by atoms with Crippen molar-refractivity contribution in [3.05, 3.63) is 29.8 Å². The number of carbonyl (C=O) groups is 1. The van der Waals surface area contributed by atoms with Crippen molar-refractivity contribution < 1.29 is 22.7 Å². The zero-order chi connectivity index (χ0) is 17.1. The first-order valence-electron chi connectivity index (χ1n) is 7.20. The van der Waals surface area contributed by atoms with Crippen molar-refractivity contribution in [2.24, 2.45) is 0 Å². The number of methoxy groups -OCH3 is 2. The van der Waals surface area contributed by atoms with Gasteiger partial charge in [0.05, 0.1) is 31.3 Å². The smallest absolute Gasteiger partial charge is 0.244 e. The summed E-state index contributed by atoms with van der Waals surface area (Å²) in [5, 5.41) is 2.77. The third-order valence-electron chi connectivity index (χ3n) is 3.78. The Labute approximate surface area is 136 Å². The molecule has 0 saturated carbocycles. The van der Waals surface area contributed by atoms with Crippen LogP contribution in [-0.2, 0) is 14.6 Å². The van der Waals surface area contributed by atoms with Gasteiger partial charge in [0.15, 0.2) is 9.84 Å². The molecule has 0 aliphatic carbocycles. The SMILES string of the molecule is COc1ccc(OC)c(/C=C/C(=O)NC2(C)CCS(=O)(=O)C2)c1. The van der Waals surface area contributed by atoms with E-state index in [2.05, 4.69) is 5.32 Å². The Morgan fingerprint density at radius 1 is 1.30 bits per heavy atom. The van der Waals surface area contributed by atoms with Crippen LogP contribution in [0.3, 0.4) is 0 Å². The molecule has 7 heteroatoms. The van der Waals surface area contributed by atoms with Crippen molar-refractivity contribution >= 4 is 21.8 Å². The number of rotatable bonds is 5. The number of ether oxygens (including phenoxy) is 2. The summed E-state index contributed by atoms with van der Waals surface area (Å²) in [5.41, 5.74) is -0.00942. The Balaban J connectivity index is 2.10. The maximum Gasteiger partial charge on any atom is 0.244 e. The van der Waals surface area contributed by atoms with Gasteiger partial charge in [-0.2, -0.15) is 0 Å². The lowest BCUT2D eigenvalue weighted by molar-refractivity contribution is -0.117. The fraction of sp³-hybridized carbons (Fsp3) is 0.438. The van der Waals surface area contributed by atoms with Crippen LogP contribution in [0.4, 0.5) is 0 Å². The second-order valence-corrected chi connectivity index (χ2v) is 8.02. The Hall–Kier alpha value is -2.02. The van der Waals surface area contributed by atoms with Gasteiger partial charge in [0.2, 0.25) is 5.91 Å². The Morgan fingerprint density at radius 3 is 2.61 bits per heavy atom. The van der Waals surface area contributed by atoms with Gasteiger partial charge in [0.25, 0.3) is 0 Å². The molecule has 1 aliphatic heterocycles. The van der Waals surface area contributed by atoms with Crippen LogP contribution in [0.15, 0.2) is 24.3 Å². The molecule has 1 aromatic carbocycles. The van der Waals surface area contributed by atoms with E-state index in [1.165, 1.54) is 6.08 Å². The lowest BCUT2D eigenvalue weighted by Gasteiger charge is -2.22. The monoisotopic (exact) mass is 339 g/mol. The standard InChI is InChI=1S/C16H21NO5S/c1-16(8-9-23(19,20)11-16)17-15(18)7-4-12-10-13(21-2)5-6-14(12)22-3/h4-7,10H,8-9,11H2,1-3H3,(H,17,18)/b7-4+. The number of benzene rings is 1. The van der Waals surface area contributed by atoms with Gasteiger partial charge in [-0.3, -0.25) is 4.79 Å². The maximum absolute atomic E-state index is 12.1. The third kappa shape index (κ3) is 4.48. The molecule has 126 valence electrons. The first-order valence-corrected chi connectivity index (χ1v) is 9.02. The van der Waals surface area contributed by atoms with E-state index in [0.717, 1.165) is 0 Å². The van der Waals surface area contributed by atoms with Gasteiger partial charge < -0.3 is 14.8 Å². The molecule has 0 bridgehead atoms. The molecule has 23 heavy (non-hydrogen) atoms. The summed E-state index contributed by atoms with van der Waals surface area (Å²) in [5.74, 6) is 1.01. The minimum atomic E-state index is -3.06. The summed E-state index contributed by atoms with van der Waals surface area (Å²) in [6.07, 6.45) is 3.41. The highest BCUT2D eigenvalue weighted by Crippen LogP contribution is 2.25. The zero-order valence-electron chi connectivity index (χ0n) is 13.5. The molecule has 1 aromatic rings. The summed E-state index contributed by atoms with van der Waals surface area (Å²) in [6.45, 7) is 1.75. The molecule has 1 N–H and O–H groups in total. The lowest BCUT2D eigenvalue weighted by Crippen LogP contribution is -2.46. The molecule has 0 radical (unpaired) electrons. The summed E-state index contributed by atoms with van der Waals surface area (Å²) >= 11 is 0. The Kier molecular flexibility index (Phi) is 4.99. The predicted octanol–water partition coefficient (Wildman–Crippen LogP) is 1.41. The van der Waals surface area contributed by atoms with E-state index in [9.17, 15) is 13.2 Å². The molecule has 2 rings (SSSR count). The third-order valence-corrected chi connectivity index (χ3v) is 5.68. The van der Waals surface area contributed by atoms with Crippen molar-refractivity contribution in [3.63, 3.8) is 0 Å². The van der Waals surface area contributed by atoms with Gasteiger partial charge in [-0.15, -0.1) is 0 Å². The van der Waals surface area contributed by atoms with Gasteiger partial charge in [-0.05, 0) is 37.6 Å². The van der Waals surface area contributed by atoms with Crippen molar-refractivity contribution in [3.8, 4) is 11.5 Å². The first kappa shape index (κ1) is 17.3. The highest BCUT2D eigenvalue weighted by molar-refractivity contribution is 7.91. The largest absolute Gasteiger partial charge is 0.497 e. The van der Waals surface area contributed by atoms with Crippen LogP contribution in [-0.4, -0.2) is 45.6 Å². The van der Waals surface area contributed by atoms with E-state index >= 15 is 0 Å². The van der Waals surface area contributed by atoms with E-state index in [-0.39, 0.29) is 17.4 Å². The second-order valence-electron chi connectivity index (χ2n) is 5.83. The fourth-order valence-electron chi connectivity index (χ4n) is 2.58.